The van der Waals surface area contributed by atoms with E-state index in [1.807, 2.05) is 12.1 Å². The highest BCUT2D eigenvalue weighted by Gasteiger charge is 2.20. The van der Waals surface area contributed by atoms with E-state index in [9.17, 15) is 15.0 Å². The van der Waals surface area contributed by atoms with Crippen molar-refractivity contribution in [2.45, 2.75) is 44.6 Å². The van der Waals surface area contributed by atoms with Crippen LogP contribution in [0.4, 0.5) is 0 Å². The van der Waals surface area contributed by atoms with Crippen molar-refractivity contribution in [3.63, 3.8) is 0 Å². The van der Waals surface area contributed by atoms with E-state index < -0.39 is 0 Å². The average molecular weight is 320 g/mol. The van der Waals surface area contributed by atoms with E-state index in [0.717, 1.165) is 31.5 Å². The van der Waals surface area contributed by atoms with Gasteiger partial charge in [-0.3, -0.25) is 9.69 Å². The fourth-order valence-corrected chi connectivity index (χ4v) is 3.13. The van der Waals surface area contributed by atoms with Gasteiger partial charge in [0, 0.05) is 25.6 Å². The summed E-state index contributed by atoms with van der Waals surface area (Å²) in [7, 11) is 0. The number of aromatic hydroxyl groups is 1. The molecule has 0 spiro atoms. The van der Waals surface area contributed by atoms with Gasteiger partial charge in [-0.05, 0) is 43.9 Å². The first-order valence-electron chi connectivity index (χ1n) is 8.59. The van der Waals surface area contributed by atoms with Crippen LogP contribution in [0.5, 0.6) is 5.75 Å². The zero-order valence-electron chi connectivity index (χ0n) is 13.7. The third-order valence-electron chi connectivity index (χ3n) is 4.52. The monoisotopic (exact) mass is 320 g/mol. The first-order valence-corrected chi connectivity index (χ1v) is 8.59. The minimum absolute atomic E-state index is 0.0191. The Morgan fingerprint density at radius 2 is 2.13 bits per heavy atom. The highest BCUT2D eigenvalue weighted by atomic mass is 16.3. The molecule has 1 saturated heterocycles. The zero-order valence-corrected chi connectivity index (χ0v) is 13.7. The standard InChI is InChI=1S/C18H28N2O3/c21-14-16-7-3-4-12-20(16)13-5-11-19-18(23)10-9-15-6-1-2-8-17(15)22/h1-2,6,8,16,21-22H,3-5,7,9-14H2,(H,19,23). The van der Waals surface area contributed by atoms with Crippen LogP contribution in [-0.2, 0) is 11.2 Å². The lowest BCUT2D eigenvalue weighted by atomic mass is 10.0. The third-order valence-corrected chi connectivity index (χ3v) is 4.52. The molecule has 1 heterocycles. The van der Waals surface area contributed by atoms with Gasteiger partial charge in [0.1, 0.15) is 5.75 Å². The van der Waals surface area contributed by atoms with Crippen LogP contribution in [0.2, 0.25) is 0 Å². The fraction of sp³-hybridized carbons (Fsp3) is 0.611. The molecule has 1 unspecified atom stereocenters. The van der Waals surface area contributed by atoms with Crippen molar-refractivity contribution >= 4 is 5.91 Å². The summed E-state index contributed by atoms with van der Waals surface area (Å²) in [5.41, 5.74) is 0.807. The summed E-state index contributed by atoms with van der Waals surface area (Å²) in [5.74, 6) is 0.269. The summed E-state index contributed by atoms with van der Waals surface area (Å²) in [4.78, 5) is 14.2. The van der Waals surface area contributed by atoms with E-state index in [4.69, 9.17) is 0 Å². The molecule has 1 amide bonds. The number of aryl methyl sites for hydroxylation is 1. The lowest BCUT2D eigenvalue weighted by molar-refractivity contribution is -0.121. The van der Waals surface area contributed by atoms with E-state index in [0.29, 0.717) is 25.4 Å². The van der Waals surface area contributed by atoms with Crippen LogP contribution in [0.1, 0.15) is 37.7 Å². The summed E-state index contributed by atoms with van der Waals surface area (Å²) in [6.45, 7) is 2.86. The number of carbonyl (C=O) groups is 1. The minimum Gasteiger partial charge on any atom is -0.508 e. The van der Waals surface area contributed by atoms with Crippen LogP contribution in [-0.4, -0.2) is 53.3 Å². The van der Waals surface area contributed by atoms with Gasteiger partial charge in [0.05, 0.1) is 6.61 Å². The SMILES string of the molecule is O=C(CCc1ccccc1O)NCCCN1CCCCC1CO. The van der Waals surface area contributed by atoms with E-state index >= 15 is 0 Å². The van der Waals surface area contributed by atoms with Gasteiger partial charge >= 0.3 is 0 Å². The van der Waals surface area contributed by atoms with Gasteiger partial charge in [0.25, 0.3) is 0 Å². The molecule has 1 fully saturated rings. The zero-order chi connectivity index (χ0) is 16.5. The molecule has 2 rings (SSSR count). The molecule has 1 aromatic carbocycles. The van der Waals surface area contributed by atoms with Crippen LogP contribution < -0.4 is 5.32 Å². The van der Waals surface area contributed by atoms with Gasteiger partial charge in [0.2, 0.25) is 5.91 Å². The largest absolute Gasteiger partial charge is 0.508 e. The first-order chi connectivity index (χ1) is 11.2. The summed E-state index contributed by atoms with van der Waals surface area (Å²) in [5, 5.41) is 22.0. The molecule has 1 aromatic rings. The van der Waals surface area contributed by atoms with E-state index in [1.165, 1.54) is 12.8 Å². The van der Waals surface area contributed by atoms with Crippen molar-refractivity contribution in [2.24, 2.45) is 0 Å². The predicted molar refractivity (Wildman–Crippen MR) is 90.4 cm³/mol. The van der Waals surface area contributed by atoms with Crippen LogP contribution in [0.15, 0.2) is 24.3 Å². The van der Waals surface area contributed by atoms with Gasteiger partial charge in [-0.1, -0.05) is 24.6 Å². The van der Waals surface area contributed by atoms with E-state index in [-0.39, 0.29) is 18.3 Å². The Labute approximate surface area is 138 Å². The second-order valence-corrected chi connectivity index (χ2v) is 6.20. The van der Waals surface area contributed by atoms with Crippen molar-refractivity contribution < 1.29 is 15.0 Å². The number of piperidine rings is 1. The van der Waals surface area contributed by atoms with Crippen molar-refractivity contribution in [2.75, 3.05) is 26.2 Å². The molecular weight excluding hydrogens is 292 g/mol. The Hall–Kier alpha value is -1.59. The number of nitrogens with one attached hydrogen (secondary N) is 1. The first kappa shape index (κ1) is 17.8. The van der Waals surface area contributed by atoms with Crippen molar-refractivity contribution in [1.82, 2.24) is 10.2 Å². The number of phenolic OH excluding ortho intramolecular Hbond substituents is 1. The molecule has 23 heavy (non-hydrogen) atoms. The molecule has 1 aliphatic rings. The lowest BCUT2D eigenvalue weighted by Gasteiger charge is -2.34. The van der Waals surface area contributed by atoms with E-state index in [1.54, 1.807) is 12.1 Å². The molecule has 3 N–H and O–H groups in total. The Balaban J connectivity index is 1.60. The van der Waals surface area contributed by atoms with Gasteiger partial charge in [0.15, 0.2) is 0 Å². The maximum atomic E-state index is 11.9. The fourth-order valence-electron chi connectivity index (χ4n) is 3.13. The number of carbonyl (C=O) groups excluding carboxylic acids is 1. The Kier molecular flexibility index (Phi) is 7.36. The number of aliphatic hydroxyl groups is 1. The number of amides is 1. The number of likely N-dealkylation sites (tertiary alicyclic amines) is 1. The van der Waals surface area contributed by atoms with Crippen LogP contribution in [0.3, 0.4) is 0 Å². The molecule has 0 aliphatic carbocycles. The normalized spacial score (nSPS) is 18.7. The number of phenols is 1. The van der Waals surface area contributed by atoms with Crippen molar-refractivity contribution in [3.05, 3.63) is 29.8 Å². The van der Waals surface area contributed by atoms with Crippen molar-refractivity contribution in [3.8, 4) is 5.75 Å². The summed E-state index contributed by atoms with van der Waals surface area (Å²) in [6, 6.07) is 7.42. The quantitative estimate of drug-likeness (QED) is 0.637. The Morgan fingerprint density at radius 3 is 2.91 bits per heavy atom. The number of benzene rings is 1. The van der Waals surface area contributed by atoms with Gasteiger partial charge in [-0.25, -0.2) is 0 Å². The Bertz CT molecular complexity index is 493. The van der Waals surface area contributed by atoms with Gasteiger partial charge < -0.3 is 15.5 Å². The molecule has 0 radical (unpaired) electrons. The molecule has 128 valence electrons. The molecule has 5 heteroatoms. The number of rotatable bonds is 8. The Morgan fingerprint density at radius 1 is 1.30 bits per heavy atom. The van der Waals surface area contributed by atoms with Crippen LogP contribution >= 0.6 is 0 Å². The molecule has 1 atom stereocenters. The number of hydrogen-bond donors (Lipinski definition) is 3. The van der Waals surface area contributed by atoms with Crippen LogP contribution in [0, 0.1) is 0 Å². The summed E-state index contributed by atoms with van der Waals surface area (Å²) >= 11 is 0. The highest BCUT2D eigenvalue weighted by molar-refractivity contribution is 5.76. The van der Waals surface area contributed by atoms with Gasteiger partial charge in [-0.15, -0.1) is 0 Å². The summed E-state index contributed by atoms with van der Waals surface area (Å²) < 4.78 is 0. The molecule has 0 aromatic heterocycles. The predicted octanol–water partition coefficient (Wildman–Crippen LogP) is 1.68. The second kappa shape index (κ2) is 9.53. The average Bonchev–Trinajstić information content (AvgIpc) is 2.58. The maximum Gasteiger partial charge on any atom is 0.220 e. The molecule has 5 nitrogen and oxygen atoms in total. The maximum absolute atomic E-state index is 11.9. The molecule has 0 bridgehead atoms. The smallest absolute Gasteiger partial charge is 0.220 e. The van der Waals surface area contributed by atoms with Crippen molar-refractivity contribution in [1.29, 1.82) is 0 Å². The lowest BCUT2D eigenvalue weighted by Crippen LogP contribution is -2.43. The highest BCUT2D eigenvalue weighted by Crippen LogP contribution is 2.17. The molecule has 0 saturated carbocycles. The number of para-hydroxylation sites is 1. The number of hydrogen-bond acceptors (Lipinski definition) is 4. The number of aliphatic hydroxyl groups excluding tert-OH is 1. The molecular formula is C18H28N2O3. The third kappa shape index (κ3) is 5.84. The minimum atomic E-state index is 0.0191. The van der Waals surface area contributed by atoms with Crippen LogP contribution in [0.25, 0.3) is 0 Å². The topological polar surface area (TPSA) is 72.8 Å². The van der Waals surface area contributed by atoms with Gasteiger partial charge in [-0.2, -0.15) is 0 Å². The summed E-state index contributed by atoms with van der Waals surface area (Å²) in [6.07, 6.45) is 5.31. The number of nitrogens with zero attached hydrogens (tertiary/aromatic N) is 1. The second-order valence-electron chi connectivity index (χ2n) is 6.20. The van der Waals surface area contributed by atoms with E-state index in [2.05, 4.69) is 10.2 Å². The molecule has 1 aliphatic heterocycles.